The molecule has 144 valence electrons. The Labute approximate surface area is 160 Å². The molecule has 0 aromatic heterocycles. The van der Waals surface area contributed by atoms with Gasteiger partial charge in [0, 0.05) is 23.0 Å². The van der Waals surface area contributed by atoms with Gasteiger partial charge in [-0.05, 0) is 62.4 Å². The van der Waals surface area contributed by atoms with Crippen LogP contribution in [0.15, 0.2) is 48.5 Å². The van der Waals surface area contributed by atoms with Crippen LogP contribution in [0.25, 0.3) is 0 Å². The smallest absolute Gasteiger partial charge is 0.243 e. The van der Waals surface area contributed by atoms with E-state index in [0.717, 1.165) is 17.1 Å². The summed E-state index contributed by atoms with van der Waals surface area (Å²) in [4.78, 5) is 23.7. The lowest BCUT2D eigenvalue weighted by Crippen LogP contribution is -2.21. The van der Waals surface area contributed by atoms with Crippen molar-refractivity contribution in [1.82, 2.24) is 0 Å². The lowest BCUT2D eigenvalue weighted by atomic mass is 10.2. The number of hydrogen-bond donors (Lipinski definition) is 3. The van der Waals surface area contributed by atoms with Crippen LogP contribution in [-0.2, 0) is 9.59 Å². The molecule has 2 rings (SSSR count). The highest BCUT2D eigenvalue weighted by Gasteiger charge is 2.07. The number of ether oxygens (including phenoxy) is 1. The Morgan fingerprint density at radius 1 is 0.815 bits per heavy atom. The van der Waals surface area contributed by atoms with Gasteiger partial charge in [0.1, 0.15) is 5.75 Å². The molecule has 0 bridgehead atoms. The molecule has 2 aromatic carbocycles. The molecule has 6 heteroatoms. The summed E-state index contributed by atoms with van der Waals surface area (Å²) >= 11 is 0. The molecule has 0 aliphatic carbocycles. The van der Waals surface area contributed by atoms with Crippen LogP contribution >= 0.6 is 0 Å². The molecule has 0 saturated carbocycles. The molecule has 27 heavy (non-hydrogen) atoms. The molecule has 0 fully saturated rings. The van der Waals surface area contributed by atoms with Gasteiger partial charge >= 0.3 is 0 Å². The standard InChI is InChI=1S/C21H27N3O3/c1-14(2)21(26)24-18-7-5-16(6-8-18)22-13-20(25)23-17-9-11-19(12-10-17)27-15(3)4/h5-12,14-15,22H,13H2,1-4H3,(H,23,25)(H,24,26). The maximum Gasteiger partial charge on any atom is 0.243 e. The quantitative estimate of drug-likeness (QED) is 0.654. The maximum atomic E-state index is 12.1. The molecule has 0 spiro atoms. The molecule has 0 saturated heterocycles. The van der Waals surface area contributed by atoms with E-state index in [2.05, 4.69) is 16.0 Å². The molecule has 3 N–H and O–H groups in total. The summed E-state index contributed by atoms with van der Waals surface area (Å²) in [6, 6.07) is 14.5. The maximum absolute atomic E-state index is 12.1. The van der Waals surface area contributed by atoms with Crippen LogP contribution in [0.5, 0.6) is 5.75 Å². The third kappa shape index (κ3) is 7.01. The summed E-state index contributed by atoms with van der Waals surface area (Å²) < 4.78 is 5.57. The van der Waals surface area contributed by atoms with Gasteiger partial charge in [0.05, 0.1) is 12.6 Å². The van der Waals surface area contributed by atoms with Crippen LogP contribution in [0.1, 0.15) is 27.7 Å². The van der Waals surface area contributed by atoms with Crippen LogP contribution in [0.4, 0.5) is 17.1 Å². The van der Waals surface area contributed by atoms with E-state index < -0.39 is 0 Å². The molecule has 2 amide bonds. The Morgan fingerprint density at radius 3 is 1.89 bits per heavy atom. The molecule has 0 heterocycles. The Kier molecular flexibility index (Phi) is 7.23. The van der Waals surface area contributed by atoms with Crippen molar-refractivity contribution >= 4 is 28.9 Å². The van der Waals surface area contributed by atoms with Crippen molar-refractivity contribution in [3.05, 3.63) is 48.5 Å². The summed E-state index contributed by atoms with van der Waals surface area (Å²) in [5.41, 5.74) is 2.24. The number of rotatable bonds is 8. The van der Waals surface area contributed by atoms with Crippen molar-refractivity contribution in [1.29, 1.82) is 0 Å². The van der Waals surface area contributed by atoms with Gasteiger partial charge in [-0.3, -0.25) is 9.59 Å². The number of carbonyl (C=O) groups excluding carboxylic acids is 2. The summed E-state index contributed by atoms with van der Waals surface area (Å²) in [5.74, 6) is 0.521. The third-order valence-corrected chi connectivity index (χ3v) is 3.64. The Balaban J connectivity index is 1.80. The highest BCUT2D eigenvalue weighted by Crippen LogP contribution is 2.17. The van der Waals surface area contributed by atoms with E-state index >= 15 is 0 Å². The van der Waals surface area contributed by atoms with Crippen molar-refractivity contribution in [2.75, 3.05) is 22.5 Å². The summed E-state index contributed by atoms with van der Waals surface area (Å²) in [7, 11) is 0. The molecule has 0 atom stereocenters. The molecule has 0 aliphatic heterocycles. The first-order valence-electron chi connectivity index (χ1n) is 9.05. The fourth-order valence-electron chi connectivity index (χ4n) is 2.23. The second-order valence-electron chi connectivity index (χ2n) is 6.81. The van der Waals surface area contributed by atoms with E-state index in [1.54, 1.807) is 12.1 Å². The second-order valence-corrected chi connectivity index (χ2v) is 6.81. The van der Waals surface area contributed by atoms with Crippen LogP contribution in [0, 0.1) is 5.92 Å². The van der Waals surface area contributed by atoms with Crippen molar-refractivity contribution in [2.45, 2.75) is 33.8 Å². The highest BCUT2D eigenvalue weighted by molar-refractivity contribution is 5.94. The molecule has 0 unspecified atom stereocenters. The zero-order chi connectivity index (χ0) is 19.8. The van der Waals surface area contributed by atoms with E-state index in [1.807, 2.05) is 64.1 Å². The van der Waals surface area contributed by atoms with Gasteiger partial charge in [-0.2, -0.15) is 0 Å². The molecular weight excluding hydrogens is 342 g/mol. The van der Waals surface area contributed by atoms with Crippen LogP contribution in [0.3, 0.4) is 0 Å². The topological polar surface area (TPSA) is 79.5 Å². The summed E-state index contributed by atoms with van der Waals surface area (Å²) in [6.45, 7) is 7.75. The number of anilines is 3. The van der Waals surface area contributed by atoms with Gasteiger partial charge in [-0.15, -0.1) is 0 Å². The van der Waals surface area contributed by atoms with E-state index in [9.17, 15) is 9.59 Å². The predicted molar refractivity (Wildman–Crippen MR) is 109 cm³/mol. The van der Waals surface area contributed by atoms with Gasteiger partial charge in [0.15, 0.2) is 0 Å². The SMILES string of the molecule is CC(C)Oc1ccc(NC(=O)CNc2ccc(NC(=O)C(C)C)cc2)cc1. The van der Waals surface area contributed by atoms with Gasteiger partial charge in [-0.25, -0.2) is 0 Å². The number of nitrogens with one attached hydrogen (secondary N) is 3. The first kappa shape index (κ1) is 20.3. The van der Waals surface area contributed by atoms with E-state index in [4.69, 9.17) is 4.74 Å². The molecule has 0 aliphatic rings. The van der Waals surface area contributed by atoms with Crippen molar-refractivity contribution in [2.24, 2.45) is 5.92 Å². The first-order valence-corrected chi connectivity index (χ1v) is 9.05. The van der Waals surface area contributed by atoms with E-state index in [0.29, 0.717) is 5.69 Å². The Bertz CT molecular complexity index is 753. The minimum atomic E-state index is -0.148. The fraction of sp³-hybridized carbons (Fsp3) is 0.333. The molecular formula is C21H27N3O3. The van der Waals surface area contributed by atoms with Crippen LogP contribution in [0.2, 0.25) is 0 Å². The lowest BCUT2D eigenvalue weighted by molar-refractivity contribution is -0.119. The average Bonchev–Trinajstić information content (AvgIpc) is 2.62. The average molecular weight is 369 g/mol. The third-order valence-electron chi connectivity index (χ3n) is 3.64. The zero-order valence-corrected chi connectivity index (χ0v) is 16.2. The first-order chi connectivity index (χ1) is 12.8. The van der Waals surface area contributed by atoms with Crippen LogP contribution < -0.4 is 20.7 Å². The number of amides is 2. The van der Waals surface area contributed by atoms with Crippen LogP contribution in [-0.4, -0.2) is 24.5 Å². The predicted octanol–water partition coefficient (Wildman–Crippen LogP) is 4.12. The molecule has 0 radical (unpaired) electrons. The highest BCUT2D eigenvalue weighted by atomic mass is 16.5. The van der Waals surface area contributed by atoms with E-state index in [1.165, 1.54) is 0 Å². The number of carbonyl (C=O) groups is 2. The van der Waals surface area contributed by atoms with Gasteiger partial charge in [0.25, 0.3) is 0 Å². The Hall–Kier alpha value is -3.02. The minimum absolute atomic E-state index is 0.0279. The fourth-order valence-corrected chi connectivity index (χ4v) is 2.23. The van der Waals surface area contributed by atoms with Gasteiger partial charge < -0.3 is 20.7 Å². The molecule has 6 nitrogen and oxygen atoms in total. The van der Waals surface area contributed by atoms with Crippen molar-refractivity contribution in [3.63, 3.8) is 0 Å². The zero-order valence-electron chi connectivity index (χ0n) is 16.2. The van der Waals surface area contributed by atoms with Crippen molar-refractivity contribution in [3.8, 4) is 5.75 Å². The monoisotopic (exact) mass is 369 g/mol. The number of hydrogen-bond acceptors (Lipinski definition) is 4. The van der Waals surface area contributed by atoms with E-state index in [-0.39, 0.29) is 30.4 Å². The summed E-state index contributed by atoms with van der Waals surface area (Å²) in [6.07, 6.45) is 0.111. The lowest BCUT2D eigenvalue weighted by Gasteiger charge is -2.11. The minimum Gasteiger partial charge on any atom is -0.491 e. The molecule has 2 aromatic rings. The van der Waals surface area contributed by atoms with Gasteiger partial charge in [0.2, 0.25) is 11.8 Å². The largest absolute Gasteiger partial charge is 0.491 e. The van der Waals surface area contributed by atoms with Gasteiger partial charge in [-0.1, -0.05) is 13.8 Å². The number of benzene rings is 2. The van der Waals surface area contributed by atoms with Crippen molar-refractivity contribution < 1.29 is 14.3 Å². The summed E-state index contributed by atoms with van der Waals surface area (Å²) in [5, 5.41) is 8.71. The second kappa shape index (κ2) is 9.62. The Morgan fingerprint density at radius 2 is 1.33 bits per heavy atom. The normalized spacial score (nSPS) is 10.6.